The molecule has 1 atom stereocenters. The molecule has 1 heterocycles. The molecule has 100 valence electrons. The first-order chi connectivity index (χ1) is 7.73. The number of rotatable bonds is 2. The predicted octanol–water partition coefficient (Wildman–Crippen LogP) is 0.462. The van der Waals surface area contributed by atoms with Gasteiger partial charge in [0, 0.05) is 32.2 Å². The molecule has 0 bridgehead atoms. The summed E-state index contributed by atoms with van der Waals surface area (Å²) in [6.07, 6.45) is -7.78. The minimum absolute atomic E-state index is 0.226. The molecule has 1 aliphatic rings. The van der Waals surface area contributed by atoms with Crippen molar-refractivity contribution < 1.29 is 23.1 Å². The second kappa shape index (κ2) is 5.22. The molecule has 17 heavy (non-hydrogen) atoms. The third-order valence-electron chi connectivity index (χ3n) is 2.90. The second-order valence-electron chi connectivity index (χ2n) is 4.40. The molecule has 0 radical (unpaired) electrons. The lowest BCUT2D eigenvalue weighted by atomic mass is 10.2. The number of amides is 1. The number of alkyl halides is 3. The average molecular weight is 254 g/mol. The van der Waals surface area contributed by atoms with Crippen LogP contribution in [0.3, 0.4) is 0 Å². The van der Waals surface area contributed by atoms with E-state index in [2.05, 4.69) is 4.90 Å². The summed E-state index contributed by atoms with van der Waals surface area (Å²) in [5, 5.41) is 8.85. The number of aliphatic hydroxyl groups is 1. The van der Waals surface area contributed by atoms with E-state index in [0.717, 1.165) is 4.90 Å². The Morgan fingerprint density at radius 3 is 2.00 bits per heavy atom. The van der Waals surface area contributed by atoms with Crippen molar-refractivity contribution in [3.05, 3.63) is 0 Å². The van der Waals surface area contributed by atoms with Gasteiger partial charge in [-0.05, 0) is 13.8 Å². The van der Waals surface area contributed by atoms with Gasteiger partial charge in [0.1, 0.15) is 0 Å². The van der Waals surface area contributed by atoms with Crippen molar-refractivity contribution in [2.75, 3.05) is 26.2 Å². The molecule has 1 unspecified atom stereocenters. The Bertz CT molecular complexity index is 273. The van der Waals surface area contributed by atoms with Gasteiger partial charge in [0.15, 0.2) is 0 Å². The van der Waals surface area contributed by atoms with Crippen molar-refractivity contribution in [3.8, 4) is 0 Å². The van der Waals surface area contributed by atoms with Crippen LogP contribution in [0, 0.1) is 0 Å². The Hall–Kier alpha value is -0.820. The number of halogens is 3. The zero-order valence-corrected chi connectivity index (χ0v) is 9.87. The van der Waals surface area contributed by atoms with Gasteiger partial charge in [0.2, 0.25) is 6.10 Å². The van der Waals surface area contributed by atoms with E-state index in [-0.39, 0.29) is 13.1 Å². The molecule has 7 heteroatoms. The number of hydrogen-bond acceptors (Lipinski definition) is 3. The van der Waals surface area contributed by atoms with Crippen molar-refractivity contribution in [2.45, 2.75) is 32.2 Å². The highest BCUT2D eigenvalue weighted by molar-refractivity contribution is 5.81. The van der Waals surface area contributed by atoms with Gasteiger partial charge in [-0.1, -0.05) is 0 Å². The largest absolute Gasteiger partial charge is 0.423 e. The van der Waals surface area contributed by atoms with Crippen LogP contribution in [0.4, 0.5) is 13.2 Å². The van der Waals surface area contributed by atoms with Crippen molar-refractivity contribution >= 4 is 5.91 Å². The van der Waals surface area contributed by atoms with E-state index in [1.54, 1.807) is 0 Å². The first-order valence-electron chi connectivity index (χ1n) is 5.51. The van der Waals surface area contributed by atoms with Gasteiger partial charge in [-0.2, -0.15) is 13.2 Å². The summed E-state index contributed by atoms with van der Waals surface area (Å²) >= 11 is 0. The maximum atomic E-state index is 12.2. The van der Waals surface area contributed by atoms with Gasteiger partial charge >= 0.3 is 6.18 Å². The highest BCUT2D eigenvalue weighted by atomic mass is 19.4. The minimum Gasteiger partial charge on any atom is -0.376 e. The van der Waals surface area contributed by atoms with Crippen LogP contribution < -0.4 is 0 Å². The van der Waals surface area contributed by atoms with E-state index < -0.39 is 18.2 Å². The Kier molecular flexibility index (Phi) is 4.37. The standard InChI is InChI=1S/C10H17F3N2O2/c1-7(2)14-3-5-15(6-4-14)9(17)8(16)10(11,12)13/h7-8,16H,3-6H2,1-2H3. The van der Waals surface area contributed by atoms with Gasteiger partial charge in [-0.3, -0.25) is 9.69 Å². The van der Waals surface area contributed by atoms with Gasteiger partial charge in [0.25, 0.3) is 5.91 Å². The summed E-state index contributed by atoms with van der Waals surface area (Å²) in [6, 6.07) is 0.305. The van der Waals surface area contributed by atoms with Crippen LogP contribution in [0.2, 0.25) is 0 Å². The number of hydrogen-bond donors (Lipinski definition) is 1. The second-order valence-corrected chi connectivity index (χ2v) is 4.40. The summed E-state index contributed by atoms with van der Waals surface area (Å²) in [5.41, 5.74) is 0. The lowest BCUT2D eigenvalue weighted by Gasteiger charge is -2.37. The molecule has 0 aromatic carbocycles. The van der Waals surface area contributed by atoms with Crippen LogP contribution in [0.25, 0.3) is 0 Å². The van der Waals surface area contributed by atoms with Crippen LogP contribution in [0.1, 0.15) is 13.8 Å². The van der Waals surface area contributed by atoms with Crippen LogP contribution in [0.5, 0.6) is 0 Å². The first kappa shape index (κ1) is 14.2. The molecule has 0 saturated carbocycles. The van der Waals surface area contributed by atoms with Gasteiger partial charge in [-0.25, -0.2) is 0 Å². The highest BCUT2D eigenvalue weighted by Crippen LogP contribution is 2.22. The molecule has 1 rings (SSSR count). The van der Waals surface area contributed by atoms with Crippen molar-refractivity contribution in [2.24, 2.45) is 0 Å². The Balaban J connectivity index is 2.52. The fourth-order valence-electron chi connectivity index (χ4n) is 1.77. The molecular formula is C10H17F3N2O2. The minimum atomic E-state index is -4.88. The molecule has 0 aromatic rings. The first-order valence-corrected chi connectivity index (χ1v) is 5.51. The van der Waals surface area contributed by atoms with Crippen LogP contribution in [0.15, 0.2) is 0 Å². The summed E-state index contributed by atoms with van der Waals surface area (Å²) in [4.78, 5) is 14.5. The molecule has 1 amide bonds. The third-order valence-corrected chi connectivity index (χ3v) is 2.90. The maximum absolute atomic E-state index is 12.2. The SMILES string of the molecule is CC(C)N1CCN(C(=O)C(O)C(F)(F)F)CC1. The number of carbonyl (C=O) groups is 1. The molecule has 0 aliphatic carbocycles. The average Bonchev–Trinajstić information content (AvgIpc) is 2.26. The summed E-state index contributed by atoms with van der Waals surface area (Å²) in [7, 11) is 0. The molecule has 1 aliphatic heterocycles. The zero-order valence-electron chi connectivity index (χ0n) is 9.87. The normalized spacial score (nSPS) is 20.8. The quantitative estimate of drug-likeness (QED) is 0.778. The smallest absolute Gasteiger partial charge is 0.376 e. The Morgan fingerprint density at radius 1 is 1.18 bits per heavy atom. The van der Waals surface area contributed by atoms with E-state index in [0.29, 0.717) is 19.1 Å². The molecule has 1 N–H and O–H groups in total. The summed E-state index contributed by atoms with van der Waals surface area (Å²) in [5.74, 6) is -1.25. The van der Waals surface area contributed by atoms with Gasteiger partial charge in [0.05, 0.1) is 0 Å². The molecular weight excluding hydrogens is 237 g/mol. The number of piperazine rings is 1. The third kappa shape index (κ3) is 3.57. The Labute approximate surface area is 98.0 Å². The van der Waals surface area contributed by atoms with E-state index in [9.17, 15) is 18.0 Å². The van der Waals surface area contributed by atoms with Crippen molar-refractivity contribution in [3.63, 3.8) is 0 Å². The molecule has 1 fully saturated rings. The fraction of sp³-hybridized carbons (Fsp3) is 0.900. The monoisotopic (exact) mass is 254 g/mol. The highest BCUT2D eigenvalue weighted by Gasteiger charge is 2.45. The summed E-state index contributed by atoms with van der Waals surface area (Å²) in [6.45, 7) is 5.50. The maximum Gasteiger partial charge on any atom is 0.423 e. The van der Waals surface area contributed by atoms with Crippen molar-refractivity contribution in [1.29, 1.82) is 0 Å². The van der Waals surface area contributed by atoms with Crippen molar-refractivity contribution in [1.82, 2.24) is 9.80 Å². The summed E-state index contributed by atoms with van der Waals surface area (Å²) < 4.78 is 36.5. The van der Waals surface area contributed by atoms with Crippen LogP contribution >= 0.6 is 0 Å². The van der Waals surface area contributed by atoms with Crippen LogP contribution in [-0.4, -0.2) is 65.3 Å². The molecule has 4 nitrogen and oxygen atoms in total. The zero-order chi connectivity index (χ0) is 13.2. The van der Waals surface area contributed by atoms with E-state index in [4.69, 9.17) is 5.11 Å². The number of aliphatic hydroxyl groups excluding tert-OH is 1. The van der Waals surface area contributed by atoms with E-state index in [1.807, 2.05) is 13.8 Å². The molecule has 0 aromatic heterocycles. The Morgan fingerprint density at radius 2 is 1.65 bits per heavy atom. The lowest BCUT2D eigenvalue weighted by Crippen LogP contribution is -2.55. The predicted molar refractivity (Wildman–Crippen MR) is 55.4 cm³/mol. The van der Waals surface area contributed by atoms with Gasteiger partial charge < -0.3 is 10.0 Å². The fourth-order valence-corrected chi connectivity index (χ4v) is 1.77. The molecule has 0 spiro atoms. The van der Waals surface area contributed by atoms with Gasteiger partial charge in [-0.15, -0.1) is 0 Å². The lowest BCUT2D eigenvalue weighted by molar-refractivity contribution is -0.211. The number of nitrogens with zero attached hydrogens (tertiary/aromatic N) is 2. The van der Waals surface area contributed by atoms with E-state index in [1.165, 1.54) is 0 Å². The van der Waals surface area contributed by atoms with E-state index >= 15 is 0 Å². The van der Waals surface area contributed by atoms with Crippen LogP contribution in [-0.2, 0) is 4.79 Å². The molecule has 1 saturated heterocycles. The number of carbonyl (C=O) groups excluding carboxylic acids is 1. The topological polar surface area (TPSA) is 43.8 Å².